The molecule has 0 spiro atoms. The molecule has 0 aromatic carbocycles. The van der Waals surface area contributed by atoms with Crippen LogP contribution in [0.1, 0.15) is 12.8 Å². The van der Waals surface area contributed by atoms with E-state index in [4.69, 9.17) is 22.9 Å². The van der Waals surface area contributed by atoms with Gasteiger partial charge in [-0.2, -0.15) is 10.2 Å². The van der Waals surface area contributed by atoms with Crippen molar-refractivity contribution in [2.24, 2.45) is 43.3 Å². The van der Waals surface area contributed by atoms with Crippen molar-refractivity contribution < 1.29 is 0 Å². The zero-order chi connectivity index (χ0) is 13.1. The molecule has 0 atom stereocenters. The van der Waals surface area contributed by atoms with Gasteiger partial charge in [0, 0.05) is 12.8 Å². The first kappa shape index (κ1) is 11.8. The Kier molecular flexibility index (Phi) is 3.09. The molecule has 0 aromatic heterocycles. The van der Waals surface area contributed by atoms with Crippen LogP contribution in [0.2, 0.25) is 0 Å². The lowest BCUT2D eigenvalue weighted by atomic mass is 10.2. The predicted molar refractivity (Wildman–Crippen MR) is 71.9 cm³/mol. The minimum atomic E-state index is -0.0538. The Balaban J connectivity index is 2.11. The van der Waals surface area contributed by atoms with E-state index in [1.165, 1.54) is 0 Å². The molecule has 0 heterocycles. The average Bonchev–Trinajstić information content (AvgIpc) is 2.80. The van der Waals surface area contributed by atoms with Crippen molar-refractivity contribution in [1.82, 2.24) is 0 Å². The highest BCUT2D eigenvalue weighted by Gasteiger charge is 2.23. The molecule has 8 nitrogen and oxygen atoms in total. The third-order valence-corrected chi connectivity index (χ3v) is 2.43. The van der Waals surface area contributed by atoms with Gasteiger partial charge in [-0.1, -0.05) is 0 Å². The lowest BCUT2D eigenvalue weighted by Crippen LogP contribution is -2.22. The number of hydrogen-bond donors (Lipinski definition) is 4. The average molecular weight is 246 g/mol. The van der Waals surface area contributed by atoms with E-state index in [-0.39, 0.29) is 11.9 Å². The molecular formula is C10H14N8. The maximum atomic E-state index is 5.20. The zero-order valence-corrected chi connectivity index (χ0v) is 9.67. The summed E-state index contributed by atoms with van der Waals surface area (Å²) in [6.07, 6.45) is 5.26. The molecule has 2 aliphatic rings. The van der Waals surface area contributed by atoms with E-state index in [9.17, 15) is 0 Å². The fourth-order valence-corrected chi connectivity index (χ4v) is 1.78. The van der Waals surface area contributed by atoms with E-state index in [1.54, 1.807) is 0 Å². The largest absolute Gasteiger partial charge is 0.369 e. The highest BCUT2D eigenvalue weighted by atomic mass is 15.3. The maximum Gasteiger partial charge on any atom is 0.211 e. The van der Waals surface area contributed by atoms with Gasteiger partial charge in [0.15, 0.2) is 0 Å². The fraction of sp³-hybridized carbons (Fsp3) is 0.200. The van der Waals surface area contributed by atoms with E-state index in [0.717, 1.165) is 22.6 Å². The van der Waals surface area contributed by atoms with Crippen LogP contribution in [0.5, 0.6) is 0 Å². The van der Waals surface area contributed by atoms with Crippen molar-refractivity contribution in [3.05, 3.63) is 23.3 Å². The van der Waals surface area contributed by atoms with Gasteiger partial charge in [-0.25, -0.2) is 0 Å². The van der Waals surface area contributed by atoms with E-state index in [0.29, 0.717) is 12.8 Å². The first-order chi connectivity index (χ1) is 8.54. The van der Waals surface area contributed by atoms with Crippen LogP contribution < -0.4 is 22.9 Å². The Bertz CT molecular complexity index is 488. The van der Waals surface area contributed by atoms with Crippen LogP contribution in [-0.4, -0.2) is 23.3 Å². The van der Waals surface area contributed by atoms with Gasteiger partial charge in [0.05, 0.1) is 11.4 Å². The van der Waals surface area contributed by atoms with E-state index in [1.807, 2.05) is 12.2 Å². The number of nitrogens with zero attached hydrogens (tertiary/aromatic N) is 4. The van der Waals surface area contributed by atoms with Crippen LogP contribution >= 0.6 is 0 Å². The SMILES string of the molecule is NC(N)=N/N=C1\C=C2C/C(=N\N=C(N)N)C=C2C1. The first-order valence-electron chi connectivity index (χ1n) is 5.27. The number of fused-ring (bicyclic) bond motifs is 1. The Morgan fingerprint density at radius 2 is 1.17 bits per heavy atom. The number of guanidine groups is 2. The van der Waals surface area contributed by atoms with Crippen molar-refractivity contribution in [3.63, 3.8) is 0 Å². The molecule has 0 amide bonds. The quantitative estimate of drug-likeness (QED) is 0.277. The molecule has 0 bridgehead atoms. The summed E-state index contributed by atoms with van der Waals surface area (Å²) < 4.78 is 0. The van der Waals surface area contributed by atoms with Gasteiger partial charge >= 0.3 is 0 Å². The lowest BCUT2D eigenvalue weighted by molar-refractivity contribution is 1.18. The summed E-state index contributed by atoms with van der Waals surface area (Å²) in [7, 11) is 0. The molecule has 0 unspecified atom stereocenters. The van der Waals surface area contributed by atoms with Crippen LogP contribution in [0.4, 0.5) is 0 Å². The molecule has 0 fully saturated rings. The molecule has 0 saturated heterocycles. The van der Waals surface area contributed by atoms with Gasteiger partial charge in [-0.15, -0.1) is 10.2 Å². The summed E-state index contributed by atoms with van der Waals surface area (Å²) in [5, 5.41) is 15.1. The normalized spacial score (nSPS) is 21.6. The summed E-state index contributed by atoms with van der Waals surface area (Å²) in [6.45, 7) is 0. The smallest absolute Gasteiger partial charge is 0.211 e. The van der Waals surface area contributed by atoms with Gasteiger partial charge < -0.3 is 22.9 Å². The zero-order valence-electron chi connectivity index (χ0n) is 9.67. The van der Waals surface area contributed by atoms with Crippen LogP contribution in [0, 0.1) is 0 Å². The summed E-state index contributed by atoms with van der Waals surface area (Å²) in [4.78, 5) is 0. The van der Waals surface area contributed by atoms with E-state index < -0.39 is 0 Å². The summed E-state index contributed by atoms with van der Waals surface area (Å²) in [6, 6.07) is 0. The Hall–Kier alpha value is -2.64. The summed E-state index contributed by atoms with van der Waals surface area (Å²) >= 11 is 0. The maximum absolute atomic E-state index is 5.20. The predicted octanol–water partition coefficient (Wildman–Crippen LogP) is -1.09. The highest BCUT2D eigenvalue weighted by molar-refractivity contribution is 6.10. The highest BCUT2D eigenvalue weighted by Crippen LogP contribution is 2.32. The molecule has 0 aromatic rings. The van der Waals surface area contributed by atoms with Crippen molar-refractivity contribution in [2.75, 3.05) is 0 Å². The van der Waals surface area contributed by atoms with Crippen LogP contribution in [0.25, 0.3) is 0 Å². The monoisotopic (exact) mass is 246 g/mol. The fourth-order valence-electron chi connectivity index (χ4n) is 1.78. The van der Waals surface area contributed by atoms with Gasteiger partial charge in [0.1, 0.15) is 0 Å². The van der Waals surface area contributed by atoms with Gasteiger partial charge in [-0.05, 0) is 23.3 Å². The number of nitrogens with two attached hydrogens (primary N) is 4. The number of allylic oxidation sites excluding steroid dienone is 4. The van der Waals surface area contributed by atoms with Crippen LogP contribution in [0.3, 0.4) is 0 Å². The molecule has 94 valence electrons. The minimum absolute atomic E-state index is 0.0538. The van der Waals surface area contributed by atoms with Crippen LogP contribution in [0.15, 0.2) is 43.7 Å². The van der Waals surface area contributed by atoms with Crippen molar-refractivity contribution in [2.45, 2.75) is 12.8 Å². The lowest BCUT2D eigenvalue weighted by Gasteiger charge is -1.91. The van der Waals surface area contributed by atoms with Crippen molar-refractivity contribution in [1.29, 1.82) is 0 Å². The first-order valence-corrected chi connectivity index (χ1v) is 5.27. The minimum Gasteiger partial charge on any atom is -0.369 e. The Morgan fingerprint density at radius 3 is 1.50 bits per heavy atom. The third kappa shape index (κ3) is 2.73. The topological polar surface area (TPSA) is 154 Å². The molecule has 18 heavy (non-hydrogen) atoms. The summed E-state index contributed by atoms with van der Waals surface area (Å²) in [5.74, 6) is -0.108. The molecule has 0 aliphatic heterocycles. The van der Waals surface area contributed by atoms with Crippen molar-refractivity contribution >= 4 is 23.3 Å². The molecule has 8 heteroatoms. The van der Waals surface area contributed by atoms with E-state index >= 15 is 0 Å². The van der Waals surface area contributed by atoms with E-state index in [2.05, 4.69) is 20.4 Å². The molecule has 0 saturated carbocycles. The standard InChI is InChI=1S/C10H14N8/c11-9(12)17-15-7-1-5-2-8(4-6(5)3-7)16-18-10(13)14/h1,4H,2-3H2,(H4,11,12,17)(H4,13,14,18)/b15-7-,16-8-. The Morgan fingerprint density at radius 1 is 0.778 bits per heavy atom. The van der Waals surface area contributed by atoms with Crippen LogP contribution in [-0.2, 0) is 0 Å². The third-order valence-electron chi connectivity index (χ3n) is 2.43. The molecule has 8 N–H and O–H groups in total. The van der Waals surface area contributed by atoms with Gasteiger partial charge in [0.25, 0.3) is 0 Å². The molecule has 2 rings (SSSR count). The Labute approximate surface area is 104 Å². The van der Waals surface area contributed by atoms with Gasteiger partial charge in [0.2, 0.25) is 11.9 Å². The van der Waals surface area contributed by atoms with Crippen molar-refractivity contribution in [3.8, 4) is 0 Å². The summed E-state index contributed by atoms with van der Waals surface area (Å²) in [5.41, 5.74) is 24.8. The number of hydrogen-bond acceptors (Lipinski definition) is 4. The molecule has 0 radical (unpaired) electrons. The molecular weight excluding hydrogens is 232 g/mol. The van der Waals surface area contributed by atoms with Gasteiger partial charge in [-0.3, -0.25) is 0 Å². The second-order valence-electron chi connectivity index (χ2n) is 3.93. The number of rotatable bonds is 2. The second kappa shape index (κ2) is 4.70. The molecule has 2 aliphatic carbocycles. The second-order valence-corrected chi connectivity index (χ2v) is 3.93.